The maximum absolute atomic E-state index is 10.8. The van der Waals surface area contributed by atoms with Crippen molar-refractivity contribution in [3.8, 4) is 5.75 Å². The first-order valence-corrected chi connectivity index (χ1v) is 8.47. The van der Waals surface area contributed by atoms with Gasteiger partial charge in [0, 0.05) is 17.9 Å². The molecule has 1 N–H and O–H groups in total. The molecule has 1 aromatic rings. The highest BCUT2D eigenvalue weighted by atomic mass is 35.5. The van der Waals surface area contributed by atoms with Gasteiger partial charge in [-0.2, -0.15) is 0 Å². The standard InChI is InChI=1S/C18H25ClO2/c1-18(2)7-4-3-5-15(18)16(20)11-13-10-14(19)9-12-6-8-21-17(12)13/h9-10,15-16,20H,3-8,11H2,1-2H3. The molecule has 0 saturated heterocycles. The Morgan fingerprint density at radius 3 is 2.95 bits per heavy atom. The Kier molecular flexibility index (Phi) is 4.20. The van der Waals surface area contributed by atoms with Gasteiger partial charge in [-0.05, 0) is 47.4 Å². The van der Waals surface area contributed by atoms with Crippen molar-refractivity contribution in [2.75, 3.05) is 6.61 Å². The number of aliphatic hydroxyl groups is 1. The first-order chi connectivity index (χ1) is 9.97. The first-order valence-electron chi connectivity index (χ1n) is 8.09. The summed E-state index contributed by atoms with van der Waals surface area (Å²) in [7, 11) is 0. The van der Waals surface area contributed by atoms with Crippen molar-refractivity contribution in [2.45, 2.75) is 58.5 Å². The van der Waals surface area contributed by atoms with Gasteiger partial charge in [0.25, 0.3) is 0 Å². The molecule has 0 amide bonds. The fourth-order valence-electron chi connectivity index (χ4n) is 4.10. The molecule has 1 aliphatic heterocycles. The van der Waals surface area contributed by atoms with Gasteiger partial charge in [0.05, 0.1) is 12.7 Å². The molecule has 2 nitrogen and oxygen atoms in total. The van der Waals surface area contributed by atoms with E-state index in [-0.39, 0.29) is 11.5 Å². The van der Waals surface area contributed by atoms with Gasteiger partial charge < -0.3 is 9.84 Å². The highest BCUT2D eigenvalue weighted by Crippen LogP contribution is 2.44. The Balaban J connectivity index is 1.80. The molecule has 3 rings (SSSR count). The lowest BCUT2D eigenvalue weighted by atomic mass is 9.66. The van der Waals surface area contributed by atoms with Crippen molar-refractivity contribution in [3.05, 3.63) is 28.3 Å². The van der Waals surface area contributed by atoms with Crippen LogP contribution in [0.2, 0.25) is 5.02 Å². The summed E-state index contributed by atoms with van der Waals surface area (Å²) in [5, 5.41) is 11.5. The first kappa shape index (κ1) is 15.2. The maximum Gasteiger partial charge on any atom is 0.126 e. The molecule has 0 bridgehead atoms. The lowest BCUT2D eigenvalue weighted by Gasteiger charge is -2.41. The summed E-state index contributed by atoms with van der Waals surface area (Å²) < 4.78 is 5.76. The summed E-state index contributed by atoms with van der Waals surface area (Å²) in [5.41, 5.74) is 2.48. The molecule has 2 aliphatic rings. The molecule has 1 saturated carbocycles. The minimum Gasteiger partial charge on any atom is -0.493 e. The topological polar surface area (TPSA) is 29.5 Å². The summed E-state index contributed by atoms with van der Waals surface area (Å²) in [6.45, 7) is 5.31. The molecule has 1 aliphatic carbocycles. The van der Waals surface area contributed by atoms with E-state index >= 15 is 0 Å². The van der Waals surface area contributed by atoms with Crippen LogP contribution >= 0.6 is 11.6 Å². The predicted octanol–water partition coefficient (Wildman–Crippen LogP) is 4.39. The zero-order valence-corrected chi connectivity index (χ0v) is 13.7. The van der Waals surface area contributed by atoms with Gasteiger partial charge in [-0.15, -0.1) is 0 Å². The number of fused-ring (bicyclic) bond motifs is 1. The fraction of sp³-hybridized carbons (Fsp3) is 0.667. The van der Waals surface area contributed by atoms with Crippen LogP contribution in [-0.2, 0) is 12.8 Å². The zero-order chi connectivity index (χ0) is 15.0. The smallest absolute Gasteiger partial charge is 0.126 e. The van der Waals surface area contributed by atoms with Gasteiger partial charge in [-0.25, -0.2) is 0 Å². The zero-order valence-electron chi connectivity index (χ0n) is 13.0. The van der Waals surface area contributed by atoms with Crippen molar-refractivity contribution in [3.63, 3.8) is 0 Å². The number of benzene rings is 1. The van der Waals surface area contributed by atoms with Crippen LogP contribution < -0.4 is 4.74 Å². The average molecular weight is 309 g/mol. The van der Waals surface area contributed by atoms with Crippen molar-refractivity contribution in [1.29, 1.82) is 0 Å². The summed E-state index contributed by atoms with van der Waals surface area (Å²) in [6.07, 6.45) is 6.11. The Morgan fingerprint density at radius 1 is 1.38 bits per heavy atom. The van der Waals surface area contributed by atoms with Crippen molar-refractivity contribution in [2.24, 2.45) is 11.3 Å². The van der Waals surface area contributed by atoms with Crippen LogP contribution in [0, 0.1) is 11.3 Å². The molecule has 0 radical (unpaired) electrons. The van der Waals surface area contributed by atoms with Gasteiger partial charge in [0.1, 0.15) is 5.75 Å². The minimum atomic E-state index is -0.313. The predicted molar refractivity (Wildman–Crippen MR) is 86.1 cm³/mol. The number of rotatable bonds is 3. The van der Waals surface area contributed by atoms with E-state index in [1.807, 2.05) is 12.1 Å². The minimum absolute atomic E-state index is 0.222. The quantitative estimate of drug-likeness (QED) is 0.897. The van der Waals surface area contributed by atoms with Crippen LogP contribution in [0.15, 0.2) is 12.1 Å². The van der Waals surface area contributed by atoms with E-state index in [0.29, 0.717) is 12.3 Å². The van der Waals surface area contributed by atoms with E-state index in [1.165, 1.54) is 24.8 Å². The van der Waals surface area contributed by atoms with E-state index in [4.69, 9.17) is 16.3 Å². The highest BCUT2D eigenvalue weighted by molar-refractivity contribution is 6.30. The van der Waals surface area contributed by atoms with Crippen LogP contribution in [-0.4, -0.2) is 17.8 Å². The molecule has 1 heterocycles. The second-order valence-electron chi connectivity index (χ2n) is 7.26. The molecule has 2 unspecified atom stereocenters. The number of ether oxygens (including phenoxy) is 1. The van der Waals surface area contributed by atoms with Crippen LogP contribution in [0.3, 0.4) is 0 Å². The molecule has 21 heavy (non-hydrogen) atoms. The second kappa shape index (κ2) is 5.81. The highest BCUT2D eigenvalue weighted by Gasteiger charge is 2.37. The average Bonchev–Trinajstić information content (AvgIpc) is 2.86. The third kappa shape index (κ3) is 3.07. The summed E-state index contributed by atoms with van der Waals surface area (Å²) in [6, 6.07) is 3.95. The largest absolute Gasteiger partial charge is 0.493 e. The molecule has 1 aromatic carbocycles. The Hall–Kier alpha value is -0.730. The van der Waals surface area contributed by atoms with E-state index in [9.17, 15) is 5.11 Å². The molecule has 0 aromatic heterocycles. The molecule has 0 spiro atoms. The monoisotopic (exact) mass is 308 g/mol. The number of halogens is 1. The summed E-state index contributed by atoms with van der Waals surface area (Å²) >= 11 is 6.22. The maximum atomic E-state index is 10.8. The van der Waals surface area contributed by atoms with E-state index in [0.717, 1.165) is 35.8 Å². The molecule has 116 valence electrons. The molecule has 2 atom stereocenters. The van der Waals surface area contributed by atoms with Crippen LogP contribution in [0.25, 0.3) is 0 Å². The molecule has 3 heteroatoms. The fourth-order valence-corrected chi connectivity index (χ4v) is 4.36. The summed E-state index contributed by atoms with van der Waals surface area (Å²) in [5.74, 6) is 1.33. The van der Waals surface area contributed by atoms with Gasteiger partial charge >= 0.3 is 0 Å². The third-order valence-corrected chi connectivity index (χ3v) is 5.53. The van der Waals surface area contributed by atoms with Crippen LogP contribution in [0.5, 0.6) is 5.75 Å². The van der Waals surface area contributed by atoms with Gasteiger partial charge in [-0.3, -0.25) is 0 Å². The number of hydrogen-bond donors (Lipinski definition) is 1. The lowest BCUT2D eigenvalue weighted by molar-refractivity contribution is 0.00553. The Morgan fingerprint density at radius 2 is 2.19 bits per heavy atom. The SMILES string of the molecule is CC1(C)CCCCC1C(O)Cc1cc(Cl)cc2c1OCC2. The van der Waals surface area contributed by atoms with Gasteiger partial charge in [0.2, 0.25) is 0 Å². The number of hydrogen-bond acceptors (Lipinski definition) is 2. The van der Waals surface area contributed by atoms with Crippen LogP contribution in [0.4, 0.5) is 0 Å². The van der Waals surface area contributed by atoms with Crippen molar-refractivity contribution >= 4 is 11.6 Å². The van der Waals surface area contributed by atoms with Crippen molar-refractivity contribution in [1.82, 2.24) is 0 Å². The van der Waals surface area contributed by atoms with Crippen molar-refractivity contribution < 1.29 is 9.84 Å². The van der Waals surface area contributed by atoms with Gasteiger partial charge in [-0.1, -0.05) is 38.3 Å². The molecular formula is C18H25ClO2. The Bertz CT molecular complexity index is 524. The third-order valence-electron chi connectivity index (χ3n) is 5.31. The second-order valence-corrected chi connectivity index (χ2v) is 7.70. The van der Waals surface area contributed by atoms with E-state index < -0.39 is 0 Å². The van der Waals surface area contributed by atoms with E-state index in [2.05, 4.69) is 13.8 Å². The normalized spacial score (nSPS) is 25.2. The summed E-state index contributed by atoms with van der Waals surface area (Å²) in [4.78, 5) is 0. The Labute approximate surface area is 132 Å². The van der Waals surface area contributed by atoms with Gasteiger partial charge in [0.15, 0.2) is 0 Å². The van der Waals surface area contributed by atoms with Crippen LogP contribution in [0.1, 0.15) is 50.7 Å². The lowest BCUT2D eigenvalue weighted by Crippen LogP contribution is -2.37. The molecular weight excluding hydrogens is 284 g/mol. The van der Waals surface area contributed by atoms with E-state index in [1.54, 1.807) is 0 Å². The molecule has 1 fully saturated rings. The number of aliphatic hydroxyl groups excluding tert-OH is 1.